The smallest absolute Gasteiger partial charge is 0.190 e. The minimum absolute atomic E-state index is 0.688. The van der Waals surface area contributed by atoms with Gasteiger partial charge in [0.25, 0.3) is 0 Å². The molecule has 0 bridgehead atoms. The van der Waals surface area contributed by atoms with Crippen molar-refractivity contribution in [3.05, 3.63) is 10.4 Å². The molecule has 2 N–H and O–H groups in total. The first-order valence-corrected chi connectivity index (χ1v) is 10.5. The molecule has 0 radical (unpaired) electrons. The number of nitrogens with two attached hydrogens (primary N) is 1. The summed E-state index contributed by atoms with van der Waals surface area (Å²) in [6.07, 6.45) is 8.93. The van der Waals surface area contributed by atoms with E-state index in [1.54, 1.807) is 11.8 Å². The highest BCUT2D eigenvalue weighted by atomic mass is 32.2. The molecule has 0 atom stereocenters. The number of nitrogens with zero attached hydrogens (tertiary/aromatic N) is 3. The number of rotatable bonds is 5. The highest BCUT2D eigenvalue weighted by Crippen LogP contribution is 2.39. The molecule has 4 nitrogen and oxygen atoms in total. The van der Waals surface area contributed by atoms with Gasteiger partial charge in [-0.15, -0.1) is 11.3 Å². The largest absolute Gasteiger partial charge is 0.383 e. The van der Waals surface area contributed by atoms with Crippen LogP contribution in [0.2, 0.25) is 0 Å². The van der Waals surface area contributed by atoms with Gasteiger partial charge in [0.05, 0.1) is 5.39 Å². The maximum Gasteiger partial charge on any atom is 0.190 e. The van der Waals surface area contributed by atoms with Crippen LogP contribution in [0.15, 0.2) is 5.16 Å². The molecular formula is C17H24N4S2. The fraction of sp³-hybridized carbons (Fsp3) is 0.647. The quantitative estimate of drug-likeness (QED) is 0.507. The molecule has 0 unspecified atom stereocenters. The second kappa shape index (κ2) is 6.95. The molecule has 6 heteroatoms. The predicted octanol–water partition coefficient (Wildman–Crippen LogP) is 3.73. The van der Waals surface area contributed by atoms with Crippen LogP contribution in [0, 0.1) is 0 Å². The van der Waals surface area contributed by atoms with Gasteiger partial charge in [-0.3, -0.25) is 0 Å². The zero-order valence-corrected chi connectivity index (χ0v) is 15.1. The molecule has 124 valence electrons. The van der Waals surface area contributed by atoms with Crippen LogP contribution >= 0.6 is 23.1 Å². The number of hydrogen-bond acceptors (Lipinski definition) is 6. The van der Waals surface area contributed by atoms with E-state index < -0.39 is 0 Å². The summed E-state index contributed by atoms with van der Waals surface area (Å²) < 4.78 is 0. The molecule has 2 aliphatic rings. The predicted molar refractivity (Wildman–Crippen MR) is 99.5 cm³/mol. The minimum atomic E-state index is 0.688. The van der Waals surface area contributed by atoms with E-state index in [4.69, 9.17) is 10.7 Å². The molecule has 0 saturated carbocycles. The van der Waals surface area contributed by atoms with Crippen molar-refractivity contribution in [1.82, 2.24) is 14.9 Å². The molecule has 1 fully saturated rings. The standard InChI is InChI=1S/C17H24N4S2/c18-15-14-12-6-4-7-13(12)23-16(14)20-17(19-15)22-11-5-10-21-8-2-1-3-9-21/h1-11H2,(H2,18,19,20). The van der Waals surface area contributed by atoms with Gasteiger partial charge < -0.3 is 10.6 Å². The summed E-state index contributed by atoms with van der Waals surface area (Å²) in [4.78, 5) is 14.5. The van der Waals surface area contributed by atoms with Gasteiger partial charge in [0.1, 0.15) is 10.6 Å². The third-order valence-corrected chi connectivity index (χ3v) is 6.99. The number of hydrogen-bond donors (Lipinski definition) is 1. The average molecular weight is 349 g/mol. The fourth-order valence-electron chi connectivity index (χ4n) is 3.70. The molecule has 1 aliphatic carbocycles. The number of anilines is 1. The van der Waals surface area contributed by atoms with Crippen molar-refractivity contribution < 1.29 is 0 Å². The lowest BCUT2D eigenvalue weighted by molar-refractivity contribution is 0.230. The van der Waals surface area contributed by atoms with E-state index in [0.29, 0.717) is 5.82 Å². The van der Waals surface area contributed by atoms with Crippen LogP contribution in [0.5, 0.6) is 0 Å². The van der Waals surface area contributed by atoms with Crippen LogP contribution < -0.4 is 5.73 Å². The van der Waals surface area contributed by atoms with Crippen LogP contribution in [0.25, 0.3) is 10.2 Å². The summed E-state index contributed by atoms with van der Waals surface area (Å²) in [5, 5.41) is 1.99. The van der Waals surface area contributed by atoms with Crippen LogP contribution in [-0.4, -0.2) is 40.3 Å². The Kier molecular flexibility index (Phi) is 4.73. The maximum atomic E-state index is 6.23. The van der Waals surface area contributed by atoms with E-state index in [1.165, 1.54) is 68.6 Å². The normalized spacial score (nSPS) is 18.6. The number of thiophene rings is 1. The Labute approximate surface area is 145 Å². The molecule has 0 spiro atoms. The molecule has 4 rings (SSSR count). The van der Waals surface area contributed by atoms with Gasteiger partial charge in [0, 0.05) is 10.6 Å². The third kappa shape index (κ3) is 3.35. The molecule has 2 aromatic rings. The number of aryl methyl sites for hydroxylation is 2. The number of piperidine rings is 1. The van der Waals surface area contributed by atoms with Gasteiger partial charge in [-0.05, 0) is 63.7 Å². The van der Waals surface area contributed by atoms with Gasteiger partial charge >= 0.3 is 0 Å². The zero-order valence-electron chi connectivity index (χ0n) is 13.5. The Morgan fingerprint density at radius 3 is 2.83 bits per heavy atom. The fourth-order valence-corrected chi connectivity index (χ4v) is 5.80. The summed E-state index contributed by atoms with van der Waals surface area (Å²) in [7, 11) is 0. The van der Waals surface area contributed by atoms with Gasteiger partial charge in [0.2, 0.25) is 0 Å². The first-order chi connectivity index (χ1) is 11.3. The van der Waals surface area contributed by atoms with Gasteiger partial charge in [-0.25, -0.2) is 9.97 Å². The maximum absolute atomic E-state index is 6.23. The Morgan fingerprint density at radius 2 is 1.96 bits per heavy atom. The molecule has 23 heavy (non-hydrogen) atoms. The van der Waals surface area contributed by atoms with E-state index in [1.807, 2.05) is 11.3 Å². The lowest BCUT2D eigenvalue weighted by atomic mass is 10.1. The highest BCUT2D eigenvalue weighted by molar-refractivity contribution is 7.99. The Balaban J connectivity index is 1.37. The molecule has 0 amide bonds. The Bertz CT molecular complexity index is 691. The van der Waals surface area contributed by atoms with Gasteiger partial charge in [0.15, 0.2) is 5.16 Å². The SMILES string of the molecule is Nc1nc(SCCCN2CCCCC2)nc2sc3c(c12)CCC3. The van der Waals surface area contributed by atoms with E-state index >= 15 is 0 Å². The minimum Gasteiger partial charge on any atom is -0.383 e. The number of nitrogen functional groups attached to an aromatic ring is 1. The van der Waals surface area contributed by atoms with E-state index in [9.17, 15) is 0 Å². The summed E-state index contributed by atoms with van der Waals surface area (Å²) in [6.45, 7) is 3.76. The summed E-state index contributed by atoms with van der Waals surface area (Å²) >= 11 is 3.58. The lowest BCUT2D eigenvalue weighted by Crippen LogP contribution is -2.30. The Morgan fingerprint density at radius 1 is 1.09 bits per heavy atom. The number of likely N-dealkylation sites (tertiary alicyclic amines) is 1. The number of fused-ring (bicyclic) bond motifs is 3. The van der Waals surface area contributed by atoms with Crippen molar-refractivity contribution in [2.45, 2.75) is 50.1 Å². The molecule has 1 aliphatic heterocycles. The van der Waals surface area contributed by atoms with E-state index in [-0.39, 0.29) is 0 Å². The van der Waals surface area contributed by atoms with Gasteiger partial charge in [-0.1, -0.05) is 18.2 Å². The van der Waals surface area contributed by atoms with Crippen LogP contribution in [0.3, 0.4) is 0 Å². The van der Waals surface area contributed by atoms with Crippen molar-refractivity contribution in [3.8, 4) is 0 Å². The first-order valence-electron chi connectivity index (χ1n) is 8.74. The number of thioether (sulfide) groups is 1. The molecule has 3 heterocycles. The van der Waals surface area contributed by atoms with Crippen LogP contribution in [0.4, 0.5) is 5.82 Å². The van der Waals surface area contributed by atoms with Crippen molar-refractivity contribution in [3.63, 3.8) is 0 Å². The molecular weight excluding hydrogens is 324 g/mol. The zero-order chi connectivity index (χ0) is 15.6. The highest BCUT2D eigenvalue weighted by Gasteiger charge is 2.21. The van der Waals surface area contributed by atoms with E-state index in [0.717, 1.165) is 27.5 Å². The topological polar surface area (TPSA) is 55.0 Å². The number of aromatic nitrogens is 2. The van der Waals surface area contributed by atoms with Crippen LogP contribution in [-0.2, 0) is 12.8 Å². The first kappa shape index (κ1) is 15.7. The monoisotopic (exact) mass is 348 g/mol. The summed E-state index contributed by atoms with van der Waals surface area (Å²) in [5.41, 5.74) is 7.65. The van der Waals surface area contributed by atoms with Crippen molar-refractivity contribution >= 4 is 39.1 Å². The molecule has 2 aromatic heterocycles. The molecule has 0 aromatic carbocycles. The van der Waals surface area contributed by atoms with E-state index in [2.05, 4.69) is 9.88 Å². The van der Waals surface area contributed by atoms with Crippen LogP contribution in [0.1, 0.15) is 42.5 Å². The molecule has 1 saturated heterocycles. The second-order valence-electron chi connectivity index (χ2n) is 6.53. The second-order valence-corrected chi connectivity index (χ2v) is 8.68. The van der Waals surface area contributed by atoms with Crippen molar-refractivity contribution in [2.24, 2.45) is 0 Å². The lowest BCUT2D eigenvalue weighted by Gasteiger charge is -2.26. The van der Waals surface area contributed by atoms with Crippen molar-refractivity contribution in [2.75, 3.05) is 31.1 Å². The van der Waals surface area contributed by atoms with Crippen molar-refractivity contribution in [1.29, 1.82) is 0 Å². The summed E-state index contributed by atoms with van der Waals surface area (Å²) in [5.74, 6) is 1.76. The van der Waals surface area contributed by atoms with Gasteiger partial charge in [-0.2, -0.15) is 0 Å². The average Bonchev–Trinajstić information content (AvgIpc) is 3.13. The third-order valence-electron chi connectivity index (χ3n) is 4.87. The summed E-state index contributed by atoms with van der Waals surface area (Å²) in [6, 6.07) is 0. The Hall–Kier alpha value is -0.850.